The van der Waals surface area contributed by atoms with Gasteiger partial charge in [-0.3, -0.25) is 4.79 Å². The second kappa shape index (κ2) is 7.32. The zero-order valence-electron chi connectivity index (χ0n) is 11.7. The Bertz CT molecular complexity index is 675. The van der Waals surface area contributed by atoms with Gasteiger partial charge in [-0.1, -0.05) is 23.7 Å². The highest BCUT2D eigenvalue weighted by Crippen LogP contribution is 2.21. The predicted molar refractivity (Wildman–Crippen MR) is 79.6 cm³/mol. The van der Waals surface area contributed by atoms with E-state index in [1.54, 1.807) is 18.2 Å². The zero-order chi connectivity index (χ0) is 16.9. The van der Waals surface area contributed by atoms with E-state index in [1.807, 2.05) is 0 Å². The number of hydrogen-bond acceptors (Lipinski definition) is 3. The molecule has 2 rings (SSSR count). The molecular formula is C15H12ClF3N2O2. The molecule has 1 aromatic heterocycles. The first-order chi connectivity index (χ1) is 10.8. The Morgan fingerprint density at radius 2 is 2.04 bits per heavy atom. The highest BCUT2D eigenvalue weighted by molar-refractivity contribution is 6.29. The Hall–Kier alpha value is -2.28. The molecule has 0 spiro atoms. The molecule has 0 aliphatic heterocycles. The first-order valence-electron chi connectivity index (χ1n) is 6.52. The number of nitrogens with one attached hydrogen (secondary N) is 1. The molecule has 0 unspecified atom stereocenters. The fourth-order valence-corrected chi connectivity index (χ4v) is 1.84. The molecule has 0 atom stereocenters. The number of carbonyl (C=O) groups excluding carboxylic acids is 1. The summed E-state index contributed by atoms with van der Waals surface area (Å²) in [5.74, 6) is -0.310. The fourth-order valence-electron chi connectivity index (χ4n) is 1.73. The lowest BCUT2D eigenvalue weighted by atomic mass is 10.2. The van der Waals surface area contributed by atoms with Crippen molar-refractivity contribution in [3.63, 3.8) is 0 Å². The summed E-state index contributed by atoms with van der Waals surface area (Å²) < 4.78 is 41.0. The maximum atomic E-state index is 12.1. The highest BCUT2D eigenvalue weighted by Gasteiger charge is 2.28. The van der Waals surface area contributed by atoms with Crippen LogP contribution in [0, 0.1) is 0 Å². The van der Waals surface area contributed by atoms with E-state index in [1.165, 1.54) is 24.4 Å². The van der Waals surface area contributed by atoms with Crippen molar-refractivity contribution in [2.75, 3.05) is 11.9 Å². The van der Waals surface area contributed by atoms with E-state index in [-0.39, 0.29) is 18.1 Å². The van der Waals surface area contributed by atoms with Gasteiger partial charge in [0.1, 0.15) is 10.9 Å². The molecule has 1 N–H and O–H groups in total. The van der Waals surface area contributed by atoms with Crippen molar-refractivity contribution in [3.8, 4) is 5.75 Å². The first-order valence-corrected chi connectivity index (χ1v) is 6.89. The monoisotopic (exact) mass is 344 g/mol. The van der Waals surface area contributed by atoms with Gasteiger partial charge >= 0.3 is 6.18 Å². The molecule has 4 nitrogen and oxygen atoms in total. The van der Waals surface area contributed by atoms with Crippen molar-refractivity contribution >= 4 is 23.2 Å². The molecule has 0 bridgehead atoms. The van der Waals surface area contributed by atoms with Gasteiger partial charge in [0.2, 0.25) is 5.91 Å². The Labute approximate surface area is 135 Å². The van der Waals surface area contributed by atoms with Crippen LogP contribution in [0.15, 0.2) is 42.6 Å². The first kappa shape index (κ1) is 17.1. The highest BCUT2D eigenvalue weighted by atomic mass is 35.5. The Morgan fingerprint density at radius 1 is 1.26 bits per heavy atom. The van der Waals surface area contributed by atoms with Gasteiger partial charge in [-0.05, 0) is 23.8 Å². The molecule has 0 saturated carbocycles. The van der Waals surface area contributed by atoms with Crippen LogP contribution in [0.25, 0.3) is 0 Å². The minimum Gasteiger partial charge on any atom is -0.484 e. The van der Waals surface area contributed by atoms with E-state index >= 15 is 0 Å². The summed E-state index contributed by atoms with van der Waals surface area (Å²) in [5, 5.41) is 2.90. The van der Waals surface area contributed by atoms with E-state index in [0.717, 1.165) is 0 Å². The number of pyridine rings is 1. The standard InChI is InChI=1S/C15H12ClF3N2O2/c16-13-5-4-10(8-20-13)6-14(22)21-11-2-1-3-12(7-11)23-9-15(17,18)19/h1-5,7-8H,6,9H2,(H,21,22). The number of rotatable bonds is 5. The maximum Gasteiger partial charge on any atom is 0.422 e. The number of halogens is 4. The number of amides is 1. The van der Waals surface area contributed by atoms with Crippen molar-refractivity contribution < 1.29 is 22.7 Å². The fraction of sp³-hybridized carbons (Fsp3) is 0.200. The number of hydrogen-bond donors (Lipinski definition) is 1. The normalized spacial score (nSPS) is 11.1. The van der Waals surface area contributed by atoms with Crippen LogP contribution in [0.1, 0.15) is 5.56 Å². The topological polar surface area (TPSA) is 51.2 Å². The lowest BCUT2D eigenvalue weighted by Gasteiger charge is -2.11. The van der Waals surface area contributed by atoms with E-state index in [2.05, 4.69) is 15.0 Å². The van der Waals surface area contributed by atoms with Crippen molar-refractivity contribution in [1.29, 1.82) is 0 Å². The summed E-state index contributed by atoms with van der Waals surface area (Å²) in [4.78, 5) is 15.8. The van der Waals surface area contributed by atoms with Crippen LogP contribution in [0.5, 0.6) is 5.75 Å². The number of benzene rings is 1. The molecule has 8 heteroatoms. The predicted octanol–water partition coefficient (Wildman–Crippen LogP) is 3.86. The molecule has 1 aromatic carbocycles. The molecule has 1 heterocycles. The minimum absolute atomic E-state index is 0.0216. The second-order valence-electron chi connectivity index (χ2n) is 4.65. The Kier molecular flexibility index (Phi) is 5.44. The number of aromatic nitrogens is 1. The average molecular weight is 345 g/mol. The van der Waals surface area contributed by atoms with Crippen LogP contribution >= 0.6 is 11.6 Å². The summed E-state index contributed by atoms with van der Waals surface area (Å²) in [7, 11) is 0. The van der Waals surface area contributed by atoms with Gasteiger partial charge in [0, 0.05) is 18.0 Å². The van der Waals surface area contributed by atoms with E-state index < -0.39 is 12.8 Å². The minimum atomic E-state index is -4.42. The van der Waals surface area contributed by atoms with Crippen LogP contribution in [0.2, 0.25) is 5.15 Å². The van der Waals surface area contributed by atoms with Crippen LogP contribution in [0.4, 0.5) is 18.9 Å². The van der Waals surface area contributed by atoms with Gasteiger partial charge in [-0.2, -0.15) is 13.2 Å². The van der Waals surface area contributed by atoms with Gasteiger partial charge in [0.25, 0.3) is 0 Å². The second-order valence-corrected chi connectivity index (χ2v) is 5.03. The lowest BCUT2D eigenvalue weighted by Crippen LogP contribution is -2.19. The number of ether oxygens (including phenoxy) is 1. The quantitative estimate of drug-likeness (QED) is 0.838. The third kappa shape index (κ3) is 6.15. The van der Waals surface area contributed by atoms with Crippen molar-refractivity contribution in [3.05, 3.63) is 53.3 Å². The van der Waals surface area contributed by atoms with Gasteiger partial charge in [-0.25, -0.2) is 4.98 Å². The molecule has 0 fully saturated rings. The summed E-state index contributed by atoms with van der Waals surface area (Å²) in [6.45, 7) is -1.39. The molecule has 0 saturated heterocycles. The largest absolute Gasteiger partial charge is 0.484 e. The third-order valence-electron chi connectivity index (χ3n) is 2.67. The van der Waals surface area contributed by atoms with Crippen LogP contribution in [0.3, 0.4) is 0 Å². The van der Waals surface area contributed by atoms with Gasteiger partial charge in [0.15, 0.2) is 6.61 Å². The Balaban J connectivity index is 1.94. The number of alkyl halides is 3. The summed E-state index contributed by atoms with van der Waals surface area (Å²) >= 11 is 5.65. The smallest absolute Gasteiger partial charge is 0.422 e. The molecule has 0 aliphatic rings. The van der Waals surface area contributed by atoms with E-state index in [4.69, 9.17) is 11.6 Å². The molecule has 0 radical (unpaired) electrons. The SMILES string of the molecule is O=C(Cc1ccc(Cl)nc1)Nc1cccc(OCC(F)(F)F)c1. The molecule has 1 amide bonds. The third-order valence-corrected chi connectivity index (χ3v) is 2.90. The van der Waals surface area contributed by atoms with Gasteiger partial charge in [0.05, 0.1) is 6.42 Å². The summed E-state index contributed by atoms with van der Waals surface area (Å²) in [6.07, 6.45) is -2.87. The van der Waals surface area contributed by atoms with Crippen molar-refractivity contribution in [2.24, 2.45) is 0 Å². The van der Waals surface area contributed by atoms with Gasteiger partial charge in [-0.15, -0.1) is 0 Å². The zero-order valence-corrected chi connectivity index (χ0v) is 12.5. The lowest BCUT2D eigenvalue weighted by molar-refractivity contribution is -0.153. The van der Waals surface area contributed by atoms with E-state index in [0.29, 0.717) is 16.4 Å². The van der Waals surface area contributed by atoms with Crippen molar-refractivity contribution in [2.45, 2.75) is 12.6 Å². The average Bonchev–Trinajstić information content (AvgIpc) is 2.47. The van der Waals surface area contributed by atoms with Crippen LogP contribution in [-0.2, 0) is 11.2 Å². The number of anilines is 1. The molecule has 0 aliphatic carbocycles. The molecule has 122 valence electrons. The molecule has 2 aromatic rings. The van der Waals surface area contributed by atoms with E-state index in [9.17, 15) is 18.0 Å². The summed E-state index contributed by atoms with van der Waals surface area (Å²) in [6, 6.07) is 8.98. The van der Waals surface area contributed by atoms with Crippen LogP contribution in [-0.4, -0.2) is 23.7 Å². The number of nitrogens with zero attached hydrogens (tertiary/aromatic N) is 1. The maximum absolute atomic E-state index is 12.1. The van der Waals surface area contributed by atoms with Crippen LogP contribution < -0.4 is 10.1 Å². The van der Waals surface area contributed by atoms with Crippen molar-refractivity contribution in [1.82, 2.24) is 4.98 Å². The molecule has 23 heavy (non-hydrogen) atoms. The van der Waals surface area contributed by atoms with Gasteiger partial charge < -0.3 is 10.1 Å². The Morgan fingerprint density at radius 3 is 2.70 bits per heavy atom. The summed E-state index contributed by atoms with van der Waals surface area (Å²) in [5.41, 5.74) is 1.01. The molecular weight excluding hydrogens is 333 g/mol. The number of carbonyl (C=O) groups is 1.